The monoisotopic (exact) mass is 303 g/mol. The molecule has 2 unspecified atom stereocenters. The van der Waals surface area contributed by atoms with Gasteiger partial charge >= 0.3 is 0 Å². The van der Waals surface area contributed by atoms with Gasteiger partial charge in [0.2, 0.25) is 0 Å². The summed E-state index contributed by atoms with van der Waals surface area (Å²) in [5.74, 6) is 0.372. The molecule has 0 bridgehead atoms. The van der Waals surface area contributed by atoms with Crippen molar-refractivity contribution in [3.05, 3.63) is 35.4 Å². The van der Waals surface area contributed by atoms with E-state index in [4.69, 9.17) is 5.73 Å². The van der Waals surface area contributed by atoms with Crippen LogP contribution >= 0.6 is 0 Å². The Bertz CT molecular complexity index is 478. The lowest BCUT2D eigenvalue weighted by molar-refractivity contribution is -0.108. The predicted octanol–water partition coefficient (Wildman–Crippen LogP) is 2.24. The van der Waals surface area contributed by atoms with Crippen LogP contribution in [0.4, 0.5) is 0 Å². The first kappa shape index (κ1) is 17.1. The fourth-order valence-corrected chi connectivity index (χ4v) is 2.97. The highest BCUT2D eigenvalue weighted by atomic mass is 16.1. The molecule has 1 fully saturated rings. The van der Waals surface area contributed by atoms with Gasteiger partial charge in [0, 0.05) is 37.5 Å². The highest BCUT2D eigenvalue weighted by molar-refractivity contribution is 5.49. The SMILES string of the molecule is CC(C)(C)NCc1ccc(C2CCN(CCC=O)C2N)cc1. The maximum atomic E-state index is 10.5. The topological polar surface area (TPSA) is 58.4 Å². The number of hydrogen-bond acceptors (Lipinski definition) is 4. The third-order valence-corrected chi connectivity index (χ3v) is 4.33. The second-order valence-corrected chi connectivity index (χ2v) is 7.22. The highest BCUT2D eigenvalue weighted by Crippen LogP contribution is 2.31. The van der Waals surface area contributed by atoms with Gasteiger partial charge < -0.3 is 15.8 Å². The minimum atomic E-state index is 0.0264. The van der Waals surface area contributed by atoms with Crippen LogP contribution in [-0.4, -0.2) is 36.0 Å². The van der Waals surface area contributed by atoms with Crippen LogP contribution in [0.2, 0.25) is 0 Å². The summed E-state index contributed by atoms with van der Waals surface area (Å²) in [6.07, 6.45) is 2.63. The number of aldehydes is 1. The maximum absolute atomic E-state index is 10.5. The zero-order valence-corrected chi connectivity index (χ0v) is 14.0. The van der Waals surface area contributed by atoms with E-state index in [1.165, 1.54) is 11.1 Å². The Morgan fingerprint density at radius 2 is 2.00 bits per heavy atom. The summed E-state index contributed by atoms with van der Waals surface area (Å²) in [4.78, 5) is 12.7. The van der Waals surface area contributed by atoms with Crippen molar-refractivity contribution < 1.29 is 4.79 Å². The fraction of sp³-hybridized carbons (Fsp3) is 0.611. The number of nitrogens with zero attached hydrogens (tertiary/aromatic N) is 1. The summed E-state index contributed by atoms with van der Waals surface area (Å²) in [6, 6.07) is 8.78. The number of rotatable bonds is 6. The molecule has 1 aliphatic rings. The Morgan fingerprint density at radius 3 is 2.59 bits per heavy atom. The van der Waals surface area contributed by atoms with Gasteiger partial charge in [-0.05, 0) is 38.3 Å². The lowest BCUT2D eigenvalue weighted by Gasteiger charge is -2.24. The van der Waals surface area contributed by atoms with Crippen molar-refractivity contribution in [1.82, 2.24) is 10.2 Å². The Kier molecular flexibility index (Phi) is 5.73. The van der Waals surface area contributed by atoms with E-state index in [0.29, 0.717) is 12.3 Å². The quantitative estimate of drug-likeness (QED) is 0.791. The number of carbonyl (C=O) groups excluding carboxylic acids is 1. The molecule has 1 aromatic rings. The average molecular weight is 303 g/mol. The Labute approximate surface area is 134 Å². The molecule has 122 valence electrons. The third-order valence-electron chi connectivity index (χ3n) is 4.33. The van der Waals surface area contributed by atoms with Gasteiger partial charge in [0.1, 0.15) is 6.29 Å². The zero-order valence-electron chi connectivity index (χ0n) is 14.0. The standard InChI is InChI=1S/C18H29N3O/c1-18(2,3)20-13-14-5-7-15(8-6-14)16-9-11-21(17(16)19)10-4-12-22/h5-8,12,16-17,20H,4,9-11,13,19H2,1-3H3. The van der Waals surface area contributed by atoms with Gasteiger partial charge in [0.25, 0.3) is 0 Å². The van der Waals surface area contributed by atoms with Crippen LogP contribution in [0.5, 0.6) is 0 Å². The summed E-state index contributed by atoms with van der Waals surface area (Å²) >= 11 is 0. The molecule has 0 aliphatic carbocycles. The molecule has 0 spiro atoms. The molecule has 4 heteroatoms. The molecule has 0 radical (unpaired) electrons. The van der Waals surface area contributed by atoms with Crippen molar-refractivity contribution in [3.63, 3.8) is 0 Å². The molecule has 1 heterocycles. The molecule has 1 aliphatic heterocycles. The van der Waals surface area contributed by atoms with Gasteiger partial charge in [-0.25, -0.2) is 0 Å². The van der Waals surface area contributed by atoms with Crippen LogP contribution < -0.4 is 11.1 Å². The minimum absolute atomic E-state index is 0.0264. The van der Waals surface area contributed by atoms with Crippen LogP contribution in [0, 0.1) is 0 Å². The van der Waals surface area contributed by atoms with Gasteiger partial charge in [0.05, 0.1) is 6.17 Å². The van der Waals surface area contributed by atoms with Crippen LogP contribution in [-0.2, 0) is 11.3 Å². The molecular weight excluding hydrogens is 274 g/mol. The molecule has 2 rings (SSSR count). The molecule has 2 atom stereocenters. The number of nitrogens with two attached hydrogens (primary N) is 1. The second kappa shape index (κ2) is 7.36. The molecule has 1 aromatic carbocycles. The minimum Gasteiger partial charge on any atom is -0.315 e. The first-order chi connectivity index (χ1) is 10.4. The molecule has 0 saturated carbocycles. The van der Waals surface area contributed by atoms with E-state index in [0.717, 1.165) is 32.3 Å². The zero-order chi connectivity index (χ0) is 16.2. The van der Waals surface area contributed by atoms with Crippen molar-refractivity contribution in [1.29, 1.82) is 0 Å². The van der Waals surface area contributed by atoms with Crippen molar-refractivity contribution in [2.45, 2.75) is 57.8 Å². The number of hydrogen-bond donors (Lipinski definition) is 2. The highest BCUT2D eigenvalue weighted by Gasteiger charge is 2.31. The number of carbonyl (C=O) groups is 1. The van der Waals surface area contributed by atoms with E-state index in [1.807, 2.05) is 0 Å². The molecule has 0 amide bonds. The molecule has 22 heavy (non-hydrogen) atoms. The second-order valence-electron chi connectivity index (χ2n) is 7.22. The number of benzene rings is 1. The average Bonchev–Trinajstić information content (AvgIpc) is 2.84. The first-order valence-corrected chi connectivity index (χ1v) is 8.18. The molecular formula is C18H29N3O. The summed E-state index contributed by atoms with van der Waals surface area (Å²) in [5.41, 5.74) is 9.08. The summed E-state index contributed by atoms with van der Waals surface area (Å²) < 4.78 is 0. The van der Waals surface area contributed by atoms with Gasteiger partial charge in [0.15, 0.2) is 0 Å². The van der Waals surface area contributed by atoms with Gasteiger partial charge in [-0.2, -0.15) is 0 Å². The normalized spacial score (nSPS) is 22.9. The maximum Gasteiger partial charge on any atom is 0.121 e. The lowest BCUT2D eigenvalue weighted by Crippen LogP contribution is -2.40. The van der Waals surface area contributed by atoms with Crippen LogP contribution in [0.3, 0.4) is 0 Å². The third kappa shape index (κ3) is 4.63. The molecule has 0 aromatic heterocycles. The molecule has 1 saturated heterocycles. The largest absolute Gasteiger partial charge is 0.315 e. The van der Waals surface area contributed by atoms with E-state index in [9.17, 15) is 4.79 Å². The van der Waals surface area contributed by atoms with Crippen molar-refractivity contribution in [3.8, 4) is 0 Å². The predicted molar refractivity (Wildman–Crippen MR) is 90.6 cm³/mol. The van der Waals surface area contributed by atoms with E-state index in [-0.39, 0.29) is 11.7 Å². The summed E-state index contributed by atoms with van der Waals surface area (Å²) in [6.45, 7) is 9.15. The smallest absolute Gasteiger partial charge is 0.121 e. The van der Waals surface area contributed by atoms with Crippen LogP contribution in [0.1, 0.15) is 50.7 Å². The Morgan fingerprint density at radius 1 is 1.32 bits per heavy atom. The van der Waals surface area contributed by atoms with E-state index in [1.54, 1.807) is 0 Å². The molecule has 3 N–H and O–H groups in total. The van der Waals surface area contributed by atoms with Gasteiger partial charge in [-0.3, -0.25) is 4.90 Å². The van der Waals surface area contributed by atoms with E-state index in [2.05, 4.69) is 55.3 Å². The van der Waals surface area contributed by atoms with Crippen LogP contribution in [0.25, 0.3) is 0 Å². The van der Waals surface area contributed by atoms with Crippen molar-refractivity contribution >= 4 is 6.29 Å². The molecule has 4 nitrogen and oxygen atoms in total. The van der Waals surface area contributed by atoms with Crippen molar-refractivity contribution in [2.75, 3.05) is 13.1 Å². The van der Waals surface area contributed by atoms with E-state index < -0.39 is 0 Å². The van der Waals surface area contributed by atoms with Gasteiger partial charge in [-0.15, -0.1) is 0 Å². The first-order valence-electron chi connectivity index (χ1n) is 8.18. The number of likely N-dealkylation sites (tertiary alicyclic amines) is 1. The van der Waals surface area contributed by atoms with Crippen LogP contribution in [0.15, 0.2) is 24.3 Å². The van der Waals surface area contributed by atoms with Crippen molar-refractivity contribution in [2.24, 2.45) is 5.73 Å². The van der Waals surface area contributed by atoms with E-state index >= 15 is 0 Å². The Hall–Kier alpha value is -1.23. The number of nitrogens with one attached hydrogen (secondary N) is 1. The fourth-order valence-electron chi connectivity index (χ4n) is 2.97. The lowest BCUT2D eigenvalue weighted by atomic mass is 9.95. The van der Waals surface area contributed by atoms with Gasteiger partial charge in [-0.1, -0.05) is 24.3 Å². The summed E-state index contributed by atoms with van der Waals surface area (Å²) in [5, 5.41) is 3.50. The summed E-state index contributed by atoms with van der Waals surface area (Å²) in [7, 11) is 0. The Balaban J connectivity index is 1.94.